The third-order valence-electron chi connectivity index (χ3n) is 3.17. The summed E-state index contributed by atoms with van der Waals surface area (Å²) >= 11 is 0. The Morgan fingerprint density at radius 2 is 1.74 bits per heavy atom. The van der Waals surface area contributed by atoms with Gasteiger partial charge in [0.2, 0.25) is 5.91 Å². The number of carbonyl (C=O) groups excluding carboxylic acids is 2. The van der Waals surface area contributed by atoms with Gasteiger partial charge in [-0.2, -0.15) is 0 Å². The normalized spacial score (nSPS) is 16.8. The molecule has 2 amide bonds. The smallest absolute Gasteiger partial charge is 0.407 e. The van der Waals surface area contributed by atoms with Crippen LogP contribution in [0.2, 0.25) is 0 Å². The quantitative estimate of drug-likeness (QED) is 0.831. The van der Waals surface area contributed by atoms with E-state index >= 15 is 0 Å². The van der Waals surface area contributed by atoms with Gasteiger partial charge in [0, 0.05) is 13.1 Å². The third kappa shape index (κ3) is 5.09. The van der Waals surface area contributed by atoms with E-state index in [9.17, 15) is 9.59 Å². The van der Waals surface area contributed by atoms with E-state index in [1.165, 1.54) is 0 Å². The van der Waals surface area contributed by atoms with Crippen LogP contribution >= 0.6 is 0 Å². The monoisotopic (exact) mass is 270 g/mol. The van der Waals surface area contributed by atoms with Crippen LogP contribution in [-0.4, -0.2) is 42.6 Å². The molecule has 1 saturated heterocycles. The zero-order valence-corrected chi connectivity index (χ0v) is 12.4. The van der Waals surface area contributed by atoms with Gasteiger partial charge in [-0.15, -0.1) is 0 Å². The van der Waals surface area contributed by atoms with Crippen LogP contribution in [-0.2, 0) is 9.53 Å². The maximum absolute atomic E-state index is 12.3. The molecule has 1 rings (SSSR count). The van der Waals surface area contributed by atoms with Crippen molar-refractivity contribution in [3.05, 3.63) is 0 Å². The number of nitrogens with zero attached hydrogens (tertiary/aromatic N) is 1. The van der Waals surface area contributed by atoms with Gasteiger partial charge in [0.15, 0.2) is 0 Å². The van der Waals surface area contributed by atoms with E-state index < -0.39 is 12.1 Å². The van der Waals surface area contributed by atoms with Crippen molar-refractivity contribution in [2.24, 2.45) is 11.8 Å². The second-order valence-electron chi connectivity index (χ2n) is 5.89. The highest BCUT2D eigenvalue weighted by Gasteiger charge is 2.30. The molecule has 1 unspecified atom stereocenters. The highest BCUT2D eigenvalue weighted by atomic mass is 16.5. The van der Waals surface area contributed by atoms with Gasteiger partial charge < -0.3 is 15.0 Å². The van der Waals surface area contributed by atoms with Crippen molar-refractivity contribution in [2.75, 3.05) is 19.7 Å². The van der Waals surface area contributed by atoms with Crippen LogP contribution < -0.4 is 5.32 Å². The number of nitrogens with one attached hydrogen (secondary N) is 1. The molecule has 1 fully saturated rings. The number of carbonyl (C=O) groups is 2. The first-order valence-corrected chi connectivity index (χ1v) is 7.14. The fourth-order valence-corrected chi connectivity index (χ4v) is 2.06. The van der Waals surface area contributed by atoms with E-state index in [1.54, 1.807) is 0 Å². The zero-order valence-electron chi connectivity index (χ0n) is 12.4. The lowest BCUT2D eigenvalue weighted by atomic mass is 10.0. The fraction of sp³-hybridized carbons (Fsp3) is 0.857. The molecule has 5 heteroatoms. The van der Waals surface area contributed by atoms with Gasteiger partial charge in [-0.05, 0) is 24.7 Å². The summed E-state index contributed by atoms with van der Waals surface area (Å²) in [5.41, 5.74) is 0. The number of alkyl carbamates (subject to hydrolysis) is 1. The van der Waals surface area contributed by atoms with Crippen LogP contribution in [0.3, 0.4) is 0 Å². The molecule has 110 valence electrons. The molecule has 19 heavy (non-hydrogen) atoms. The summed E-state index contributed by atoms with van der Waals surface area (Å²) in [7, 11) is 0. The summed E-state index contributed by atoms with van der Waals surface area (Å²) in [4.78, 5) is 25.8. The Bertz CT molecular complexity index is 310. The van der Waals surface area contributed by atoms with E-state index in [0.717, 1.165) is 25.9 Å². The summed E-state index contributed by atoms with van der Waals surface area (Å²) in [6.45, 7) is 9.78. The molecule has 1 heterocycles. The van der Waals surface area contributed by atoms with Gasteiger partial charge in [0.05, 0.1) is 6.61 Å². The summed E-state index contributed by atoms with van der Waals surface area (Å²) in [6, 6.07) is -0.488. The maximum atomic E-state index is 12.3. The molecule has 0 aromatic rings. The lowest BCUT2D eigenvalue weighted by Crippen LogP contribution is -2.50. The fourth-order valence-electron chi connectivity index (χ4n) is 2.06. The van der Waals surface area contributed by atoms with E-state index in [1.807, 2.05) is 32.6 Å². The van der Waals surface area contributed by atoms with Crippen molar-refractivity contribution >= 4 is 12.0 Å². The second-order valence-corrected chi connectivity index (χ2v) is 5.89. The van der Waals surface area contributed by atoms with Crippen molar-refractivity contribution in [3.8, 4) is 0 Å². The van der Waals surface area contributed by atoms with Crippen LogP contribution in [0.25, 0.3) is 0 Å². The lowest BCUT2D eigenvalue weighted by Gasteiger charge is -2.26. The molecule has 5 nitrogen and oxygen atoms in total. The first-order valence-electron chi connectivity index (χ1n) is 7.14. The average Bonchev–Trinajstić information content (AvgIpc) is 2.85. The number of amides is 2. The van der Waals surface area contributed by atoms with E-state index in [0.29, 0.717) is 6.61 Å². The number of likely N-dealkylation sites (tertiary alicyclic amines) is 1. The lowest BCUT2D eigenvalue weighted by molar-refractivity contribution is -0.133. The standard InChI is InChI=1S/C14H26N2O3/c1-10(2)9-19-14(18)15-12(11(3)4)13(17)16-7-5-6-8-16/h10-12H,5-9H2,1-4H3,(H,15,18). The third-order valence-corrected chi connectivity index (χ3v) is 3.17. The second kappa shape index (κ2) is 7.36. The Balaban J connectivity index is 2.52. The molecule has 0 spiro atoms. The van der Waals surface area contributed by atoms with Gasteiger partial charge in [-0.3, -0.25) is 4.79 Å². The van der Waals surface area contributed by atoms with Crippen LogP contribution in [0, 0.1) is 11.8 Å². The molecule has 1 N–H and O–H groups in total. The van der Waals surface area contributed by atoms with Gasteiger partial charge >= 0.3 is 6.09 Å². The molecule has 0 saturated carbocycles. The summed E-state index contributed by atoms with van der Waals surface area (Å²) < 4.78 is 5.08. The minimum atomic E-state index is -0.500. The largest absolute Gasteiger partial charge is 0.449 e. The van der Waals surface area contributed by atoms with E-state index in [-0.39, 0.29) is 17.7 Å². The molecule has 1 aliphatic rings. The van der Waals surface area contributed by atoms with Crippen molar-refractivity contribution < 1.29 is 14.3 Å². The Morgan fingerprint density at radius 1 is 1.16 bits per heavy atom. The van der Waals surface area contributed by atoms with Gasteiger partial charge in [0.1, 0.15) is 6.04 Å². The van der Waals surface area contributed by atoms with Crippen molar-refractivity contribution in [1.82, 2.24) is 10.2 Å². The average molecular weight is 270 g/mol. The summed E-state index contributed by atoms with van der Waals surface area (Å²) in [6.07, 6.45) is 1.60. The van der Waals surface area contributed by atoms with Crippen LogP contribution in [0.15, 0.2) is 0 Å². The molecule has 1 aliphatic heterocycles. The highest BCUT2D eigenvalue weighted by Crippen LogP contribution is 2.13. The number of hydrogen-bond donors (Lipinski definition) is 1. The predicted molar refractivity (Wildman–Crippen MR) is 73.8 cm³/mol. The van der Waals surface area contributed by atoms with Gasteiger partial charge in [0.25, 0.3) is 0 Å². The minimum absolute atomic E-state index is 0.00833. The number of hydrogen-bond acceptors (Lipinski definition) is 3. The van der Waals surface area contributed by atoms with Crippen molar-refractivity contribution in [2.45, 2.75) is 46.6 Å². The molecule has 0 aliphatic carbocycles. The van der Waals surface area contributed by atoms with Crippen LogP contribution in [0.4, 0.5) is 4.79 Å². The molecule has 0 aromatic heterocycles. The Hall–Kier alpha value is -1.26. The first kappa shape index (κ1) is 15.8. The molecule has 0 radical (unpaired) electrons. The molecule has 0 aromatic carbocycles. The maximum Gasteiger partial charge on any atom is 0.407 e. The predicted octanol–water partition coefficient (Wildman–Crippen LogP) is 2.02. The SMILES string of the molecule is CC(C)COC(=O)NC(C(=O)N1CCCC1)C(C)C. The van der Waals surface area contributed by atoms with Gasteiger partial charge in [-0.25, -0.2) is 4.79 Å². The highest BCUT2D eigenvalue weighted by molar-refractivity contribution is 5.86. The molecular weight excluding hydrogens is 244 g/mol. The van der Waals surface area contributed by atoms with E-state index in [2.05, 4.69) is 5.32 Å². The molecular formula is C14H26N2O3. The minimum Gasteiger partial charge on any atom is -0.449 e. The Morgan fingerprint density at radius 3 is 2.21 bits per heavy atom. The number of rotatable bonds is 5. The van der Waals surface area contributed by atoms with E-state index in [4.69, 9.17) is 4.74 Å². The van der Waals surface area contributed by atoms with Crippen molar-refractivity contribution in [3.63, 3.8) is 0 Å². The van der Waals surface area contributed by atoms with Crippen LogP contribution in [0.5, 0.6) is 0 Å². The molecule has 0 bridgehead atoms. The summed E-state index contributed by atoms with van der Waals surface area (Å²) in [5, 5.41) is 2.70. The Kier molecular flexibility index (Phi) is 6.12. The van der Waals surface area contributed by atoms with Crippen LogP contribution in [0.1, 0.15) is 40.5 Å². The number of ether oxygens (including phenoxy) is 1. The zero-order chi connectivity index (χ0) is 14.4. The topological polar surface area (TPSA) is 58.6 Å². The molecule has 1 atom stereocenters. The summed E-state index contributed by atoms with van der Waals surface area (Å²) in [5.74, 6) is 0.353. The first-order chi connectivity index (χ1) is 8.91. The van der Waals surface area contributed by atoms with Gasteiger partial charge in [-0.1, -0.05) is 27.7 Å². The Labute approximate surface area is 115 Å². The van der Waals surface area contributed by atoms with Crippen molar-refractivity contribution in [1.29, 1.82) is 0 Å².